The van der Waals surface area contributed by atoms with Crippen LogP contribution in [0.2, 0.25) is 0 Å². The SMILES string of the molecule is Cc1ccoc1CNCCN1CCCC1. The van der Waals surface area contributed by atoms with Gasteiger partial charge < -0.3 is 14.6 Å². The lowest BCUT2D eigenvalue weighted by Crippen LogP contribution is -2.29. The van der Waals surface area contributed by atoms with E-state index in [0.717, 1.165) is 18.8 Å². The summed E-state index contributed by atoms with van der Waals surface area (Å²) in [5.74, 6) is 1.07. The number of nitrogens with zero attached hydrogens (tertiary/aromatic N) is 1. The predicted octanol–water partition coefficient (Wildman–Crippen LogP) is 1.77. The van der Waals surface area contributed by atoms with Gasteiger partial charge in [-0.15, -0.1) is 0 Å². The first kappa shape index (κ1) is 10.7. The Morgan fingerprint density at radius 2 is 2.20 bits per heavy atom. The largest absolute Gasteiger partial charge is 0.468 e. The van der Waals surface area contributed by atoms with Crippen LogP contribution in [0, 0.1) is 6.92 Å². The van der Waals surface area contributed by atoms with Crippen LogP contribution < -0.4 is 5.32 Å². The Kier molecular flexibility index (Phi) is 3.80. The van der Waals surface area contributed by atoms with E-state index < -0.39 is 0 Å². The van der Waals surface area contributed by atoms with Gasteiger partial charge in [-0.3, -0.25) is 0 Å². The Hall–Kier alpha value is -0.800. The van der Waals surface area contributed by atoms with Gasteiger partial charge in [0.05, 0.1) is 12.8 Å². The number of hydrogen-bond donors (Lipinski definition) is 1. The topological polar surface area (TPSA) is 28.4 Å². The second-order valence-electron chi connectivity index (χ2n) is 4.25. The molecule has 1 N–H and O–H groups in total. The fourth-order valence-corrected chi connectivity index (χ4v) is 2.03. The van der Waals surface area contributed by atoms with E-state index in [0.29, 0.717) is 0 Å². The molecule has 1 aromatic rings. The quantitative estimate of drug-likeness (QED) is 0.748. The highest BCUT2D eigenvalue weighted by atomic mass is 16.3. The number of hydrogen-bond acceptors (Lipinski definition) is 3. The minimum Gasteiger partial charge on any atom is -0.468 e. The van der Waals surface area contributed by atoms with Gasteiger partial charge in [0, 0.05) is 13.1 Å². The third-order valence-corrected chi connectivity index (χ3v) is 3.06. The van der Waals surface area contributed by atoms with Crippen LogP contribution in [0.15, 0.2) is 16.7 Å². The van der Waals surface area contributed by atoms with E-state index in [2.05, 4.69) is 17.1 Å². The van der Waals surface area contributed by atoms with Crippen molar-refractivity contribution in [2.75, 3.05) is 26.2 Å². The van der Waals surface area contributed by atoms with Gasteiger partial charge >= 0.3 is 0 Å². The minimum absolute atomic E-state index is 0.854. The van der Waals surface area contributed by atoms with Crippen LogP contribution in [-0.2, 0) is 6.54 Å². The maximum atomic E-state index is 5.36. The summed E-state index contributed by atoms with van der Waals surface area (Å²) in [7, 11) is 0. The fourth-order valence-electron chi connectivity index (χ4n) is 2.03. The standard InChI is InChI=1S/C12H20N2O/c1-11-4-9-15-12(11)10-13-5-8-14-6-2-3-7-14/h4,9,13H,2-3,5-8,10H2,1H3. The molecule has 2 heterocycles. The van der Waals surface area contributed by atoms with Crippen LogP contribution >= 0.6 is 0 Å². The summed E-state index contributed by atoms with van der Waals surface area (Å²) >= 11 is 0. The van der Waals surface area contributed by atoms with Gasteiger partial charge in [0.15, 0.2) is 0 Å². The molecule has 0 bridgehead atoms. The zero-order valence-corrected chi connectivity index (χ0v) is 9.46. The molecule has 0 aromatic carbocycles. The van der Waals surface area contributed by atoms with Crippen molar-refractivity contribution in [3.8, 4) is 0 Å². The molecule has 0 atom stereocenters. The van der Waals surface area contributed by atoms with Gasteiger partial charge in [0.25, 0.3) is 0 Å². The van der Waals surface area contributed by atoms with Crippen molar-refractivity contribution in [1.82, 2.24) is 10.2 Å². The van der Waals surface area contributed by atoms with Gasteiger partial charge in [0.2, 0.25) is 0 Å². The molecule has 1 aliphatic heterocycles. The third kappa shape index (κ3) is 3.08. The molecule has 2 rings (SSSR count). The van der Waals surface area contributed by atoms with Gasteiger partial charge in [0.1, 0.15) is 5.76 Å². The van der Waals surface area contributed by atoms with Crippen molar-refractivity contribution in [3.63, 3.8) is 0 Å². The molecular formula is C12H20N2O. The summed E-state index contributed by atoms with van der Waals surface area (Å²) in [6, 6.07) is 2.01. The first-order chi connectivity index (χ1) is 7.36. The number of furan rings is 1. The molecule has 1 saturated heterocycles. The number of likely N-dealkylation sites (tertiary alicyclic amines) is 1. The zero-order valence-electron chi connectivity index (χ0n) is 9.46. The van der Waals surface area contributed by atoms with Crippen LogP contribution in [0.4, 0.5) is 0 Å². The first-order valence-electron chi connectivity index (χ1n) is 5.82. The molecule has 0 saturated carbocycles. The summed E-state index contributed by atoms with van der Waals surface area (Å²) in [5.41, 5.74) is 1.24. The van der Waals surface area contributed by atoms with Crippen molar-refractivity contribution >= 4 is 0 Å². The van der Waals surface area contributed by atoms with Gasteiger partial charge in [-0.05, 0) is 44.5 Å². The Balaban J connectivity index is 1.60. The highest BCUT2D eigenvalue weighted by Gasteiger charge is 2.10. The van der Waals surface area contributed by atoms with E-state index >= 15 is 0 Å². The lowest BCUT2D eigenvalue weighted by atomic mass is 10.3. The van der Waals surface area contributed by atoms with Gasteiger partial charge in [-0.2, -0.15) is 0 Å². The summed E-state index contributed by atoms with van der Waals surface area (Å²) in [4.78, 5) is 2.52. The van der Waals surface area contributed by atoms with Crippen molar-refractivity contribution in [2.45, 2.75) is 26.3 Å². The second-order valence-corrected chi connectivity index (χ2v) is 4.25. The van der Waals surface area contributed by atoms with Crippen LogP contribution in [0.5, 0.6) is 0 Å². The average molecular weight is 208 g/mol. The smallest absolute Gasteiger partial charge is 0.120 e. The first-order valence-corrected chi connectivity index (χ1v) is 5.82. The van der Waals surface area contributed by atoms with Crippen LogP contribution in [0.3, 0.4) is 0 Å². The Morgan fingerprint density at radius 3 is 2.87 bits per heavy atom. The number of nitrogens with one attached hydrogen (secondary N) is 1. The summed E-state index contributed by atoms with van der Waals surface area (Å²) in [5, 5.41) is 3.42. The van der Waals surface area contributed by atoms with Crippen LogP contribution in [0.25, 0.3) is 0 Å². The van der Waals surface area contributed by atoms with E-state index in [4.69, 9.17) is 4.42 Å². The van der Waals surface area contributed by atoms with Crippen LogP contribution in [0.1, 0.15) is 24.2 Å². The van der Waals surface area contributed by atoms with Crippen LogP contribution in [-0.4, -0.2) is 31.1 Å². The molecule has 1 aromatic heterocycles. The molecule has 0 radical (unpaired) electrons. The lowest BCUT2D eigenvalue weighted by molar-refractivity contribution is 0.332. The fraction of sp³-hybridized carbons (Fsp3) is 0.667. The molecule has 0 spiro atoms. The summed E-state index contributed by atoms with van der Waals surface area (Å²) in [6.45, 7) is 7.72. The number of aryl methyl sites for hydroxylation is 1. The molecule has 1 aliphatic rings. The molecular weight excluding hydrogens is 188 g/mol. The minimum atomic E-state index is 0.854. The van der Waals surface area contributed by atoms with E-state index in [1.54, 1.807) is 6.26 Å². The monoisotopic (exact) mass is 208 g/mol. The normalized spacial score (nSPS) is 17.4. The molecule has 1 fully saturated rings. The zero-order chi connectivity index (χ0) is 10.5. The molecule has 0 aliphatic carbocycles. The van der Waals surface area contributed by atoms with Crippen molar-refractivity contribution in [1.29, 1.82) is 0 Å². The molecule has 0 amide bonds. The summed E-state index contributed by atoms with van der Waals surface area (Å²) in [6.07, 6.45) is 4.50. The van der Waals surface area contributed by atoms with E-state index in [9.17, 15) is 0 Å². The maximum absolute atomic E-state index is 5.36. The van der Waals surface area contributed by atoms with E-state index in [1.165, 1.54) is 38.0 Å². The van der Waals surface area contributed by atoms with Crippen molar-refractivity contribution < 1.29 is 4.42 Å². The average Bonchev–Trinajstić information content (AvgIpc) is 2.85. The van der Waals surface area contributed by atoms with E-state index in [-0.39, 0.29) is 0 Å². The predicted molar refractivity (Wildman–Crippen MR) is 60.8 cm³/mol. The highest BCUT2D eigenvalue weighted by Crippen LogP contribution is 2.08. The summed E-state index contributed by atoms with van der Waals surface area (Å²) < 4.78 is 5.36. The second kappa shape index (κ2) is 5.33. The Bertz CT molecular complexity index is 290. The van der Waals surface area contributed by atoms with E-state index in [1.807, 2.05) is 6.07 Å². The molecule has 3 heteroatoms. The molecule has 3 nitrogen and oxygen atoms in total. The number of rotatable bonds is 5. The molecule has 84 valence electrons. The Labute approximate surface area is 91.4 Å². The van der Waals surface area contributed by atoms with Gasteiger partial charge in [-0.25, -0.2) is 0 Å². The van der Waals surface area contributed by atoms with Gasteiger partial charge in [-0.1, -0.05) is 0 Å². The molecule has 0 unspecified atom stereocenters. The Morgan fingerprint density at radius 1 is 1.40 bits per heavy atom. The lowest BCUT2D eigenvalue weighted by Gasteiger charge is -2.14. The molecule has 15 heavy (non-hydrogen) atoms. The van der Waals surface area contributed by atoms with Crippen molar-refractivity contribution in [2.24, 2.45) is 0 Å². The maximum Gasteiger partial charge on any atom is 0.120 e. The van der Waals surface area contributed by atoms with Crippen molar-refractivity contribution in [3.05, 3.63) is 23.7 Å². The highest BCUT2D eigenvalue weighted by molar-refractivity contribution is 5.13. The third-order valence-electron chi connectivity index (χ3n) is 3.06.